The van der Waals surface area contributed by atoms with Crippen LogP contribution in [0.15, 0.2) is 48.9 Å². The molecular formula is C15H13N5O2. The number of carbonyl (C=O) groups is 2. The van der Waals surface area contributed by atoms with E-state index in [1.165, 1.54) is 6.20 Å². The minimum atomic E-state index is -0.486. The molecule has 3 aromatic rings. The predicted molar refractivity (Wildman–Crippen MR) is 79.1 cm³/mol. The number of hydrazine groups is 1. The maximum Gasteiger partial charge on any atom is 0.289 e. The van der Waals surface area contributed by atoms with Crippen LogP contribution in [0.1, 0.15) is 26.5 Å². The first-order valence-electron chi connectivity index (χ1n) is 6.60. The van der Waals surface area contributed by atoms with Gasteiger partial charge in [0.15, 0.2) is 0 Å². The van der Waals surface area contributed by atoms with E-state index in [0.29, 0.717) is 11.2 Å². The van der Waals surface area contributed by atoms with Gasteiger partial charge in [0, 0.05) is 24.3 Å². The van der Waals surface area contributed by atoms with Crippen LogP contribution in [0.3, 0.4) is 0 Å². The van der Waals surface area contributed by atoms with Crippen molar-refractivity contribution in [3.63, 3.8) is 0 Å². The van der Waals surface area contributed by atoms with Gasteiger partial charge in [-0.2, -0.15) is 0 Å². The molecule has 0 aliphatic carbocycles. The van der Waals surface area contributed by atoms with Crippen LogP contribution < -0.4 is 10.9 Å². The van der Waals surface area contributed by atoms with E-state index < -0.39 is 11.8 Å². The highest BCUT2D eigenvalue weighted by Gasteiger charge is 2.13. The van der Waals surface area contributed by atoms with E-state index >= 15 is 0 Å². The molecule has 7 heteroatoms. The van der Waals surface area contributed by atoms with E-state index in [2.05, 4.69) is 20.8 Å². The molecule has 22 heavy (non-hydrogen) atoms. The molecule has 0 unspecified atom stereocenters. The lowest BCUT2D eigenvalue weighted by atomic mass is 10.3. The van der Waals surface area contributed by atoms with Crippen molar-refractivity contribution >= 4 is 17.5 Å². The van der Waals surface area contributed by atoms with Crippen molar-refractivity contribution in [3.05, 3.63) is 65.9 Å². The fourth-order valence-corrected chi connectivity index (χ4v) is 2.00. The number of amides is 2. The van der Waals surface area contributed by atoms with Gasteiger partial charge in [-0.1, -0.05) is 6.07 Å². The van der Waals surface area contributed by atoms with Gasteiger partial charge in [0.25, 0.3) is 11.8 Å². The molecule has 0 bridgehead atoms. The number of aromatic nitrogens is 3. The predicted octanol–water partition coefficient (Wildman–Crippen LogP) is 1.11. The second-order valence-corrected chi connectivity index (χ2v) is 4.67. The minimum Gasteiger partial charge on any atom is -0.304 e. The molecule has 0 aromatic carbocycles. The lowest BCUT2D eigenvalue weighted by molar-refractivity contribution is 0.0844. The molecule has 0 saturated carbocycles. The molecule has 3 heterocycles. The Morgan fingerprint density at radius 3 is 2.64 bits per heavy atom. The van der Waals surface area contributed by atoms with Gasteiger partial charge >= 0.3 is 0 Å². The summed E-state index contributed by atoms with van der Waals surface area (Å²) in [6, 6.07) is 8.83. The van der Waals surface area contributed by atoms with Crippen LogP contribution in [-0.4, -0.2) is 26.2 Å². The second-order valence-electron chi connectivity index (χ2n) is 4.67. The van der Waals surface area contributed by atoms with Crippen molar-refractivity contribution in [2.75, 3.05) is 0 Å². The van der Waals surface area contributed by atoms with E-state index in [9.17, 15) is 9.59 Å². The number of pyridine rings is 2. The number of rotatable bonds is 2. The van der Waals surface area contributed by atoms with Gasteiger partial charge in [-0.15, -0.1) is 0 Å². The zero-order valence-electron chi connectivity index (χ0n) is 11.8. The Balaban J connectivity index is 1.71. The average molecular weight is 295 g/mol. The van der Waals surface area contributed by atoms with Gasteiger partial charge in [-0.05, 0) is 31.2 Å². The van der Waals surface area contributed by atoms with Gasteiger partial charge in [-0.25, -0.2) is 4.98 Å². The van der Waals surface area contributed by atoms with E-state index in [1.54, 1.807) is 35.0 Å². The SMILES string of the molecule is Cc1cccc2nc(C(=O)NNC(=O)c3cccnc3)cn12. The van der Waals surface area contributed by atoms with Gasteiger partial charge in [-0.3, -0.25) is 25.4 Å². The standard InChI is InChI=1S/C15H13N5O2/c1-10-4-2-6-13-17-12(9-20(10)13)15(22)19-18-14(21)11-5-3-7-16-8-11/h2-9H,1H3,(H,18,21)(H,19,22). The highest BCUT2D eigenvalue weighted by molar-refractivity contribution is 5.98. The van der Waals surface area contributed by atoms with Crippen molar-refractivity contribution in [2.45, 2.75) is 6.92 Å². The third-order valence-electron chi connectivity index (χ3n) is 3.14. The second kappa shape index (κ2) is 5.65. The van der Waals surface area contributed by atoms with Crippen LogP contribution in [-0.2, 0) is 0 Å². The fraction of sp³-hybridized carbons (Fsp3) is 0.0667. The summed E-state index contributed by atoms with van der Waals surface area (Å²) < 4.78 is 1.80. The molecule has 110 valence electrons. The van der Waals surface area contributed by atoms with Crippen molar-refractivity contribution in [1.29, 1.82) is 0 Å². The summed E-state index contributed by atoms with van der Waals surface area (Å²) in [5.74, 6) is -0.929. The summed E-state index contributed by atoms with van der Waals surface area (Å²) in [4.78, 5) is 31.9. The molecule has 0 fully saturated rings. The molecular weight excluding hydrogens is 282 g/mol. The Bertz CT molecular complexity index is 842. The summed E-state index contributed by atoms with van der Waals surface area (Å²) in [6.45, 7) is 1.92. The van der Waals surface area contributed by atoms with Crippen LogP contribution in [0.2, 0.25) is 0 Å². The monoisotopic (exact) mass is 295 g/mol. The third kappa shape index (κ3) is 2.64. The zero-order chi connectivity index (χ0) is 15.5. The molecule has 3 aromatic heterocycles. The number of fused-ring (bicyclic) bond motifs is 1. The van der Waals surface area contributed by atoms with Crippen LogP contribution in [0.5, 0.6) is 0 Å². The van der Waals surface area contributed by atoms with Gasteiger partial charge in [0.1, 0.15) is 11.3 Å². The first-order chi connectivity index (χ1) is 10.6. The van der Waals surface area contributed by atoms with E-state index in [0.717, 1.165) is 5.69 Å². The zero-order valence-corrected chi connectivity index (χ0v) is 11.8. The number of imidazole rings is 1. The molecule has 0 aliphatic rings. The number of hydrogen-bond acceptors (Lipinski definition) is 4. The molecule has 2 N–H and O–H groups in total. The van der Waals surface area contributed by atoms with Crippen molar-refractivity contribution < 1.29 is 9.59 Å². The lowest BCUT2D eigenvalue weighted by Crippen LogP contribution is -2.41. The number of carbonyl (C=O) groups excluding carboxylic acids is 2. The average Bonchev–Trinajstić information content (AvgIpc) is 2.99. The maximum absolute atomic E-state index is 12.0. The summed E-state index contributed by atoms with van der Waals surface area (Å²) >= 11 is 0. The molecule has 0 spiro atoms. The minimum absolute atomic E-state index is 0.223. The van der Waals surface area contributed by atoms with Crippen molar-refractivity contribution in [3.8, 4) is 0 Å². The highest BCUT2D eigenvalue weighted by atomic mass is 16.2. The van der Waals surface area contributed by atoms with Crippen LogP contribution >= 0.6 is 0 Å². The Labute approximate surface area is 126 Å². The Morgan fingerprint density at radius 1 is 1.09 bits per heavy atom. The number of aryl methyl sites for hydroxylation is 1. The third-order valence-corrected chi connectivity index (χ3v) is 3.14. The van der Waals surface area contributed by atoms with Crippen molar-refractivity contribution in [1.82, 2.24) is 25.2 Å². The molecule has 0 atom stereocenters. The Hall–Kier alpha value is -3.22. The molecule has 0 saturated heterocycles. The van der Waals surface area contributed by atoms with Crippen LogP contribution in [0.25, 0.3) is 5.65 Å². The van der Waals surface area contributed by atoms with Gasteiger partial charge in [0.2, 0.25) is 0 Å². The van der Waals surface area contributed by atoms with Crippen molar-refractivity contribution in [2.24, 2.45) is 0 Å². The van der Waals surface area contributed by atoms with E-state index in [-0.39, 0.29) is 5.69 Å². The summed E-state index contributed by atoms with van der Waals surface area (Å²) in [7, 11) is 0. The molecule has 0 aliphatic heterocycles. The first kappa shape index (κ1) is 13.7. The Morgan fingerprint density at radius 2 is 1.91 bits per heavy atom. The molecule has 3 rings (SSSR count). The number of hydrogen-bond donors (Lipinski definition) is 2. The first-order valence-corrected chi connectivity index (χ1v) is 6.60. The number of nitrogens with one attached hydrogen (secondary N) is 2. The Kier molecular flexibility index (Phi) is 3.53. The summed E-state index contributed by atoms with van der Waals surface area (Å²) in [5, 5.41) is 0. The smallest absolute Gasteiger partial charge is 0.289 e. The molecule has 0 radical (unpaired) electrons. The summed E-state index contributed by atoms with van der Waals surface area (Å²) in [6.07, 6.45) is 4.60. The van der Waals surface area contributed by atoms with E-state index in [1.807, 2.05) is 19.1 Å². The van der Waals surface area contributed by atoms with Gasteiger partial charge in [0.05, 0.1) is 5.56 Å². The summed E-state index contributed by atoms with van der Waals surface area (Å²) in [5.41, 5.74) is 6.87. The number of nitrogens with zero attached hydrogens (tertiary/aromatic N) is 3. The quantitative estimate of drug-likeness (QED) is 0.693. The highest BCUT2D eigenvalue weighted by Crippen LogP contribution is 2.08. The van der Waals surface area contributed by atoms with E-state index in [4.69, 9.17) is 0 Å². The molecule has 7 nitrogen and oxygen atoms in total. The van der Waals surface area contributed by atoms with Crippen LogP contribution in [0, 0.1) is 6.92 Å². The van der Waals surface area contributed by atoms with Crippen LogP contribution in [0.4, 0.5) is 0 Å². The topological polar surface area (TPSA) is 88.4 Å². The molecule has 2 amide bonds. The fourth-order valence-electron chi connectivity index (χ4n) is 2.00. The normalized spacial score (nSPS) is 10.4. The van der Waals surface area contributed by atoms with Gasteiger partial charge < -0.3 is 4.40 Å². The largest absolute Gasteiger partial charge is 0.304 e. The maximum atomic E-state index is 12.0. The lowest BCUT2D eigenvalue weighted by Gasteiger charge is -2.05.